The van der Waals surface area contributed by atoms with Crippen LogP contribution in [-0.4, -0.2) is 59.3 Å². The van der Waals surface area contributed by atoms with Gasteiger partial charge in [-0.3, -0.25) is 4.90 Å². The smallest absolute Gasteiger partial charge is 0.317 e. The molecule has 24 heavy (non-hydrogen) atoms. The topological polar surface area (TPSA) is 55.8 Å². The molecule has 0 bridgehead atoms. The number of likely N-dealkylation sites (tertiary alicyclic amines) is 1. The number of carbonyl (C=O) groups is 1. The fourth-order valence-electron chi connectivity index (χ4n) is 3.60. The number of amides is 2. The van der Waals surface area contributed by atoms with Gasteiger partial charge in [0.05, 0.1) is 6.10 Å². The number of rotatable bonds is 3. The zero-order valence-corrected chi connectivity index (χ0v) is 14.7. The van der Waals surface area contributed by atoms with Gasteiger partial charge in [0.15, 0.2) is 0 Å². The van der Waals surface area contributed by atoms with Crippen LogP contribution in [0.4, 0.5) is 4.79 Å². The van der Waals surface area contributed by atoms with Gasteiger partial charge in [-0.05, 0) is 36.8 Å². The molecule has 0 aliphatic carbocycles. The first kappa shape index (κ1) is 17.2. The van der Waals surface area contributed by atoms with E-state index in [9.17, 15) is 9.90 Å². The second-order valence-electron chi connectivity index (χ2n) is 7.30. The van der Waals surface area contributed by atoms with Crippen molar-refractivity contribution in [2.45, 2.75) is 45.4 Å². The van der Waals surface area contributed by atoms with E-state index in [4.69, 9.17) is 0 Å². The maximum atomic E-state index is 12.3. The van der Waals surface area contributed by atoms with Gasteiger partial charge in [-0.1, -0.05) is 31.2 Å². The molecule has 0 saturated carbocycles. The number of urea groups is 1. The van der Waals surface area contributed by atoms with Crippen LogP contribution < -0.4 is 5.32 Å². The molecule has 3 rings (SSSR count). The largest absolute Gasteiger partial charge is 0.391 e. The Bertz CT molecular complexity index is 577. The fraction of sp³-hybridized carbons (Fsp3) is 0.632. The van der Waals surface area contributed by atoms with Crippen LogP contribution in [-0.2, 0) is 13.0 Å². The Balaban J connectivity index is 1.47. The summed E-state index contributed by atoms with van der Waals surface area (Å²) in [5, 5.41) is 13.0. The van der Waals surface area contributed by atoms with Crippen LogP contribution in [0.5, 0.6) is 0 Å². The van der Waals surface area contributed by atoms with Gasteiger partial charge in [-0.2, -0.15) is 0 Å². The molecule has 3 atom stereocenters. The van der Waals surface area contributed by atoms with E-state index in [1.54, 1.807) is 4.90 Å². The minimum atomic E-state index is -0.402. The maximum absolute atomic E-state index is 12.3. The third kappa shape index (κ3) is 3.90. The first-order valence-electron chi connectivity index (χ1n) is 9.06. The number of aliphatic hydroxyl groups excluding tert-OH is 1. The summed E-state index contributed by atoms with van der Waals surface area (Å²) in [5.41, 5.74) is 2.84. The number of benzene rings is 1. The Morgan fingerprint density at radius 1 is 1.33 bits per heavy atom. The average molecular weight is 331 g/mol. The standard InChI is InChI=1S/C19H29N3O2/c1-14-7-9-22(13-18(14)23)19(24)20-11-15(2)21-10-8-16-5-3-4-6-17(16)12-21/h3-6,14-15,18,23H,7-13H2,1-2H3,(H,20,24). The Morgan fingerprint density at radius 2 is 2.08 bits per heavy atom. The summed E-state index contributed by atoms with van der Waals surface area (Å²) in [6, 6.07) is 8.86. The number of fused-ring (bicyclic) bond motifs is 1. The van der Waals surface area contributed by atoms with Crippen molar-refractivity contribution in [1.29, 1.82) is 0 Å². The molecule has 2 N–H and O–H groups in total. The monoisotopic (exact) mass is 331 g/mol. The number of carbonyl (C=O) groups excluding carboxylic acids is 1. The molecule has 1 fully saturated rings. The molecule has 5 nitrogen and oxygen atoms in total. The SMILES string of the molecule is CC1CCN(C(=O)NCC(C)N2CCc3ccccc3C2)CC1O. The fourth-order valence-corrected chi connectivity index (χ4v) is 3.60. The van der Waals surface area contributed by atoms with Crippen molar-refractivity contribution in [2.24, 2.45) is 5.92 Å². The van der Waals surface area contributed by atoms with Crippen LogP contribution in [0.1, 0.15) is 31.4 Å². The number of nitrogens with one attached hydrogen (secondary N) is 1. The van der Waals surface area contributed by atoms with E-state index < -0.39 is 6.10 Å². The summed E-state index contributed by atoms with van der Waals surface area (Å²) < 4.78 is 0. The zero-order valence-electron chi connectivity index (χ0n) is 14.7. The van der Waals surface area contributed by atoms with Crippen LogP contribution in [0.25, 0.3) is 0 Å². The van der Waals surface area contributed by atoms with Crippen molar-refractivity contribution in [3.05, 3.63) is 35.4 Å². The lowest BCUT2D eigenvalue weighted by molar-refractivity contribution is 0.0431. The number of piperidine rings is 1. The number of hydrogen-bond donors (Lipinski definition) is 2. The quantitative estimate of drug-likeness (QED) is 0.889. The highest BCUT2D eigenvalue weighted by atomic mass is 16.3. The first-order valence-corrected chi connectivity index (χ1v) is 9.06. The van der Waals surface area contributed by atoms with E-state index in [1.165, 1.54) is 11.1 Å². The Labute approximate surface area is 144 Å². The highest BCUT2D eigenvalue weighted by Gasteiger charge is 2.28. The normalized spacial score (nSPS) is 25.9. The molecular weight excluding hydrogens is 302 g/mol. The highest BCUT2D eigenvalue weighted by Crippen LogP contribution is 2.20. The van der Waals surface area contributed by atoms with Crippen molar-refractivity contribution in [2.75, 3.05) is 26.2 Å². The molecule has 0 spiro atoms. The summed E-state index contributed by atoms with van der Waals surface area (Å²) in [7, 11) is 0. The van der Waals surface area contributed by atoms with E-state index in [0.29, 0.717) is 19.1 Å². The van der Waals surface area contributed by atoms with E-state index in [0.717, 1.165) is 32.5 Å². The van der Waals surface area contributed by atoms with Gasteiger partial charge in [-0.15, -0.1) is 0 Å². The van der Waals surface area contributed by atoms with E-state index in [2.05, 4.69) is 41.4 Å². The molecule has 132 valence electrons. The number of nitrogens with zero attached hydrogens (tertiary/aromatic N) is 2. The molecule has 2 heterocycles. The molecule has 3 unspecified atom stereocenters. The summed E-state index contributed by atoms with van der Waals surface area (Å²) in [5.74, 6) is 0.279. The molecule has 2 aliphatic heterocycles. The lowest BCUT2D eigenvalue weighted by Crippen LogP contribution is -2.52. The van der Waals surface area contributed by atoms with E-state index >= 15 is 0 Å². The van der Waals surface area contributed by atoms with Crippen molar-refractivity contribution >= 4 is 6.03 Å². The molecule has 0 aromatic heterocycles. The van der Waals surface area contributed by atoms with Crippen LogP contribution in [0.3, 0.4) is 0 Å². The predicted octanol–water partition coefficient (Wildman–Crippen LogP) is 1.85. The van der Waals surface area contributed by atoms with Gasteiger partial charge in [0.25, 0.3) is 0 Å². The van der Waals surface area contributed by atoms with E-state index in [-0.39, 0.29) is 11.9 Å². The first-order chi connectivity index (χ1) is 11.5. The van der Waals surface area contributed by atoms with Crippen LogP contribution in [0.2, 0.25) is 0 Å². The molecule has 2 amide bonds. The minimum absolute atomic E-state index is 0.0507. The molecule has 1 aromatic rings. The lowest BCUT2D eigenvalue weighted by atomic mass is 9.96. The second-order valence-corrected chi connectivity index (χ2v) is 7.30. The number of aliphatic hydroxyl groups is 1. The Hall–Kier alpha value is -1.59. The van der Waals surface area contributed by atoms with Gasteiger partial charge in [0.1, 0.15) is 0 Å². The van der Waals surface area contributed by atoms with Crippen molar-refractivity contribution in [1.82, 2.24) is 15.1 Å². The van der Waals surface area contributed by atoms with Gasteiger partial charge in [0, 0.05) is 38.8 Å². The molecule has 5 heteroatoms. The predicted molar refractivity (Wildman–Crippen MR) is 94.8 cm³/mol. The second kappa shape index (κ2) is 7.53. The van der Waals surface area contributed by atoms with Gasteiger partial charge in [0.2, 0.25) is 0 Å². The summed E-state index contributed by atoms with van der Waals surface area (Å²) in [4.78, 5) is 16.5. The summed E-state index contributed by atoms with van der Waals surface area (Å²) >= 11 is 0. The van der Waals surface area contributed by atoms with E-state index in [1.807, 2.05) is 6.92 Å². The van der Waals surface area contributed by atoms with Crippen molar-refractivity contribution in [3.8, 4) is 0 Å². The molecule has 1 aromatic carbocycles. The Morgan fingerprint density at radius 3 is 2.83 bits per heavy atom. The maximum Gasteiger partial charge on any atom is 0.317 e. The zero-order chi connectivity index (χ0) is 17.1. The number of β-amino-alcohol motifs (C(OH)–C–C–N with tert-alkyl or cyclic N) is 1. The minimum Gasteiger partial charge on any atom is -0.391 e. The summed E-state index contributed by atoms with van der Waals surface area (Å²) in [6.45, 7) is 8.01. The van der Waals surface area contributed by atoms with Crippen LogP contribution >= 0.6 is 0 Å². The number of hydrogen-bond acceptors (Lipinski definition) is 3. The Kier molecular flexibility index (Phi) is 5.41. The third-order valence-electron chi connectivity index (χ3n) is 5.54. The average Bonchev–Trinajstić information content (AvgIpc) is 2.61. The van der Waals surface area contributed by atoms with Gasteiger partial charge in [-0.25, -0.2) is 4.79 Å². The summed E-state index contributed by atoms with van der Waals surface area (Å²) in [6.07, 6.45) is 1.54. The molecule has 2 aliphatic rings. The van der Waals surface area contributed by atoms with Crippen molar-refractivity contribution < 1.29 is 9.90 Å². The van der Waals surface area contributed by atoms with Gasteiger partial charge >= 0.3 is 6.03 Å². The molecule has 1 saturated heterocycles. The van der Waals surface area contributed by atoms with Crippen LogP contribution in [0, 0.1) is 5.92 Å². The highest BCUT2D eigenvalue weighted by molar-refractivity contribution is 5.74. The van der Waals surface area contributed by atoms with Gasteiger partial charge < -0.3 is 15.3 Å². The lowest BCUT2D eigenvalue weighted by Gasteiger charge is -2.36. The molecular formula is C19H29N3O2. The molecule has 0 radical (unpaired) electrons. The third-order valence-corrected chi connectivity index (χ3v) is 5.54. The van der Waals surface area contributed by atoms with Crippen molar-refractivity contribution in [3.63, 3.8) is 0 Å². The van der Waals surface area contributed by atoms with Crippen LogP contribution in [0.15, 0.2) is 24.3 Å².